The molecular weight excluding hydrogens is 290 g/mol. The van der Waals surface area contributed by atoms with Gasteiger partial charge in [-0.2, -0.15) is 0 Å². The van der Waals surface area contributed by atoms with Gasteiger partial charge in [-0.3, -0.25) is 4.79 Å². The number of ether oxygens (including phenoxy) is 1. The Morgan fingerprint density at radius 3 is 2.68 bits per heavy atom. The summed E-state index contributed by atoms with van der Waals surface area (Å²) in [5.74, 6) is -0.160. The van der Waals surface area contributed by atoms with Gasteiger partial charge < -0.3 is 25.0 Å². The summed E-state index contributed by atoms with van der Waals surface area (Å²) >= 11 is 0. The molecule has 2 aliphatic heterocycles. The van der Waals surface area contributed by atoms with E-state index in [0.717, 1.165) is 24.2 Å². The summed E-state index contributed by atoms with van der Waals surface area (Å²) in [5, 5.41) is 10.1. The van der Waals surface area contributed by atoms with Crippen LogP contribution in [0, 0.1) is 0 Å². The number of primary amides is 1. The number of amides is 1. The molecular formula is C14H19N3O5. The number of hydrogen-bond donors (Lipinski definition) is 2. The lowest BCUT2D eigenvalue weighted by molar-refractivity contribution is -0.136. The third-order valence-electron chi connectivity index (χ3n) is 4.25. The number of hydrogen-bond acceptors (Lipinski definition) is 5. The maximum atomic E-state index is 11.7. The monoisotopic (exact) mass is 309 g/mol. The Morgan fingerprint density at radius 1 is 1.32 bits per heavy atom. The zero-order valence-corrected chi connectivity index (χ0v) is 12.2. The van der Waals surface area contributed by atoms with Gasteiger partial charge in [-0.1, -0.05) is 0 Å². The van der Waals surface area contributed by atoms with Crippen LogP contribution in [0.5, 0.6) is 0 Å². The van der Waals surface area contributed by atoms with Gasteiger partial charge >= 0.3 is 6.16 Å². The second-order valence-electron chi connectivity index (χ2n) is 5.55. The van der Waals surface area contributed by atoms with E-state index in [2.05, 4.69) is 4.57 Å². The van der Waals surface area contributed by atoms with Crippen molar-refractivity contribution in [2.75, 3.05) is 19.8 Å². The SMILES string of the molecule is NC(=O)c1cc(C2CCOCC2)n2c1CN(OC(=O)O)CC2. The minimum Gasteiger partial charge on any atom is -0.448 e. The van der Waals surface area contributed by atoms with Gasteiger partial charge in [0.05, 0.1) is 18.7 Å². The van der Waals surface area contributed by atoms with Crippen molar-refractivity contribution in [3.05, 3.63) is 23.0 Å². The maximum Gasteiger partial charge on any atom is 0.525 e. The lowest BCUT2D eigenvalue weighted by Gasteiger charge is -2.30. The standard InChI is InChI=1S/C14H19N3O5/c15-13(18)10-7-11(9-1-5-21-6-2-9)17-4-3-16(8-12(10)17)22-14(19)20/h7,9H,1-6,8H2,(H2,15,18)(H,19,20). The zero-order chi connectivity index (χ0) is 15.7. The highest BCUT2D eigenvalue weighted by Crippen LogP contribution is 2.32. The molecule has 1 aromatic rings. The summed E-state index contributed by atoms with van der Waals surface area (Å²) < 4.78 is 7.47. The maximum absolute atomic E-state index is 11.7. The van der Waals surface area contributed by atoms with Crippen LogP contribution in [0.1, 0.15) is 40.5 Å². The minimum atomic E-state index is -1.36. The molecule has 2 aliphatic rings. The van der Waals surface area contributed by atoms with E-state index in [9.17, 15) is 9.59 Å². The van der Waals surface area contributed by atoms with E-state index in [1.807, 2.05) is 6.07 Å². The Morgan fingerprint density at radius 2 is 2.05 bits per heavy atom. The average Bonchev–Trinajstić information content (AvgIpc) is 2.86. The normalized spacial score (nSPS) is 19.6. The molecule has 0 unspecified atom stereocenters. The van der Waals surface area contributed by atoms with Crippen LogP contribution < -0.4 is 5.73 Å². The van der Waals surface area contributed by atoms with E-state index < -0.39 is 12.1 Å². The largest absolute Gasteiger partial charge is 0.525 e. The highest BCUT2D eigenvalue weighted by molar-refractivity contribution is 5.94. The lowest BCUT2D eigenvalue weighted by atomic mass is 9.96. The zero-order valence-electron chi connectivity index (χ0n) is 12.2. The first-order chi connectivity index (χ1) is 10.6. The molecule has 0 atom stereocenters. The number of rotatable bonds is 3. The number of carbonyl (C=O) groups is 2. The van der Waals surface area contributed by atoms with Crippen LogP contribution in [0.25, 0.3) is 0 Å². The van der Waals surface area contributed by atoms with E-state index in [1.54, 1.807) is 0 Å². The van der Waals surface area contributed by atoms with Crippen LogP contribution in [0.3, 0.4) is 0 Å². The van der Waals surface area contributed by atoms with Gasteiger partial charge in [0.25, 0.3) is 5.91 Å². The van der Waals surface area contributed by atoms with Crippen molar-refractivity contribution in [2.45, 2.75) is 31.8 Å². The smallest absolute Gasteiger partial charge is 0.448 e. The van der Waals surface area contributed by atoms with Crippen molar-refractivity contribution in [1.29, 1.82) is 0 Å². The van der Waals surface area contributed by atoms with E-state index in [1.165, 1.54) is 5.06 Å². The number of hydroxylamine groups is 2. The molecule has 0 spiro atoms. The second kappa shape index (κ2) is 5.98. The van der Waals surface area contributed by atoms with Gasteiger partial charge in [0, 0.05) is 37.1 Å². The molecule has 1 saturated heterocycles. The van der Waals surface area contributed by atoms with Gasteiger partial charge in [0.2, 0.25) is 0 Å². The molecule has 0 aromatic carbocycles. The minimum absolute atomic E-state index is 0.230. The average molecular weight is 309 g/mol. The van der Waals surface area contributed by atoms with Crippen molar-refractivity contribution in [2.24, 2.45) is 5.73 Å². The number of carboxylic acid groups (broad SMARTS) is 1. The molecule has 22 heavy (non-hydrogen) atoms. The molecule has 8 heteroatoms. The molecule has 0 radical (unpaired) electrons. The number of fused-ring (bicyclic) bond motifs is 1. The summed E-state index contributed by atoms with van der Waals surface area (Å²) in [5.41, 5.74) is 7.73. The number of aromatic nitrogens is 1. The number of carbonyl (C=O) groups excluding carboxylic acids is 1. The molecule has 3 heterocycles. The van der Waals surface area contributed by atoms with Crippen LogP contribution in [0.2, 0.25) is 0 Å². The van der Waals surface area contributed by atoms with Crippen molar-refractivity contribution in [3.63, 3.8) is 0 Å². The Kier molecular flexibility index (Phi) is 4.04. The third kappa shape index (κ3) is 2.79. The Balaban J connectivity index is 1.91. The molecule has 3 rings (SSSR count). The molecule has 1 amide bonds. The highest BCUT2D eigenvalue weighted by Gasteiger charge is 2.30. The molecule has 120 valence electrons. The number of nitrogens with two attached hydrogens (primary N) is 1. The van der Waals surface area contributed by atoms with Gasteiger partial charge in [-0.25, -0.2) is 4.79 Å². The van der Waals surface area contributed by atoms with E-state index in [0.29, 0.717) is 37.8 Å². The molecule has 0 bridgehead atoms. The van der Waals surface area contributed by atoms with Gasteiger partial charge in [0.1, 0.15) is 0 Å². The van der Waals surface area contributed by atoms with Crippen molar-refractivity contribution < 1.29 is 24.3 Å². The van der Waals surface area contributed by atoms with E-state index in [4.69, 9.17) is 20.4 Å². The topological polar surface area (TPSA) is 107 Å². The summed E-state index contributed by atoms with van der Waals surface area (Å²) in [6.45, 7) is 2.68. The van der Waals surface area contributed by atoms with Crippen LogP contribution in [0.4, 0.5) is 4.79 Å². The second-order valence-corrected chi connectivity index (χ2v) is 5.55. The first kappa shape index (κ1) is 14.9. The van der Waals surface area contributed by atoms with Crippen LogP contribution in [-0.4, -0.2) is 46.6 Å². The van der Waals surface area contributed by atoms with Gasteiger partial charge in [0.15, 0.2) is 0 Å². The van der Waals surface area contributed by atoms with E-state index in [-0.39, 0.29) is 6.54 Å². The molecule has 0 saturated carbocycles. The third-order valence-corrected chi connectivity index (χ3v) is 4.25. The van der Waals surface area contributed by atoms with Crippen LogP contribution in [-0.2, 0) is 22.7 Å². The predicted octanol–water partition coefficient (Wildman–Crippen LogP) is 0.906. The molecule has 3 N–H and O–H groups in total. The summed E-state index contributed by atoms with van der Waals surface area (Å²) in [7, 11) is 0. The fraction of sp³-hybridized carbons (Fsp3) is 0.571. The summed E-state index contributed by atoms with van der Waals surface area (Å²) in [6.07, 6.45) is 0.471. The molecule has 0 aliphatic carbocycles. The molecule has 1 aromatic heterocycles. The van der Waals surface area contributed by atoms with Crippen molar-refractivity contribution in [1.82, 2.24) is 9.63 Å². The molecule has 8 nitrogen and oxygen atoms in total. The lowest BCUT2D eigenvalue weighted by Crippen LogP contribution is -2.36. The summed E-state index contributed by atoms with van der Waals surface area (Å²) in [4.78, 5) is 27.1. The van der Waals surface area contributed by atoms with Gasteiger partial charge in [-0.15, -0.1) is 5.06 Å². The first-order valence-corrected chi connectivity index (χ1v) is 7.32. The van der Waals surface area contributed by atoms with E-state index >= 15 is 0 Å². The quantitative estimate of drug-likeness (QED) is 0.859. The van der Waals surface area contributed by atoms with Crippen molar-refractivity contribution in [3.8, 4) is 0 Å². The highest BCUT2D eigenvalue weighted by atomic mass is 16.8. The molecule has 1 fully saturated rings. The fourth-order valence-electron chi connectivity index (χ4n) is 3.24. The van der Waals surface area contributed by atoms with Crippen LogP contribution in [0.15, 0.2) is 6.07 Å². The Bertz CT molecular complexity index is 592. The Labute approximate surface area is 127 Å². The van der Waals surface area contributed by atoms with Gasteiger partial charge in [-0.05, 0) is 18.9 Å². The number of nitrogens with zero attached hydrogens (tertiary/aromatic N) is 2. The Hall–Kier alpha value is -2.06. The predicted molar refractivity (Wildman–Crippen MR) is 75.3 cm³/mol. The fourth-order valence-corrected chi connectivity index (χ4v) is 3.24. The van der Waals surface area contributed by atoms with Crippen molar-refractivity contribution >= 4 is 12.1 Å². The summed E-state index contributed by atoms with van der Waals surface area (Å²) in [6, 6.07) is 1.85. The van der Waals surface area contributed by atoms with Crippen LogP contribution >= 0.6 is 0 Å². The first-order valence-electron chi connectivity index (χ1n) is 7.32.